The first kappa shape index (κ1) is 16.0. The average Bonchev–Trinajstić information content (AvgIpc) is 2.65. The van der Waals surface area contributed by atoms with Crippen LogP contribution in [0.5, 0.6) is 0 Å². The third-order valence-corrected chi connectivity index (χ3v) is 4.31. The Hall–Kier alpha value is -1.42. The molecule has 0 radical (unpaired) electrons. The number of aromatic carboxylic acids is 1. The normalized spacial score (nSPS) is 20.2. The molecule has 0 spiro atoms. The second-order valence-corrected chi connectivity index (χ2v) is 5.98. The minimum atomic E-state index is -1.21. The van der Waals surface area contributed by atoms with Crippen molar-refractivity contribution in [2.45, 2.75) is 45.6 Å². The van der Waals surface area contributed by atoms with E-state index >= 15 is 0 Å². The van der Waals surface area contributed by atoms with Crippen LogP contribution < -0.4 is 0 Å². The third-order valence-electron chi connectivity index (χ3n) is 4.31. The molecule has 1 N–H and O–H groups in total. The first-order valence-electron chi connectivity index (χ1n) is 7.84. The van der Waals surface area contributed by atoms with Crippen LogP contribution in [0.15, 0.2) is 18.2 Å². The summed E-state index contributed by atoms with van der Waals surface area (Å²) in [5.41, 5.74) is 0.601. The number of hydrogen-bond donors (Lipinski definition) is 1. The Kier molecular flexibility index (Phi) is 5.74. The maximum atomic E-state index is 13.7. The number of carboxylic acid groups (broad SMARTS) is 1. The number of nitrogens with zero attached hydrogens (tertiary/aromatic N) is 1. The third kappa shape index (κ3) is 4.53. The van der Waals surface area contributed by atoms with Gasteiger partial charge in [0.1, 0.15) is 5.82 Å². The highest BCUT2D eigenvalue weighted by Gasteiger charge is 2.17. The maximum Gasteiger partial charge on any atom is 0.338 e. The maximum absolute atomic E-state index is 13.7. The van der Waals surface area contributed by atoms with Crippen molar-refractivity contribution in [3.8, 4) is 0 Å². The summed E-state index contributed by atoms with van der Waals surface area (Å²) in [7, 11) is 0. The Bertz CT molecular complexity index is 490. The molecule has 21 heavy (non-hydrogen) atoms. The minimum absolute atomic E-state index is 0.252. The summed E-state index contributed by atoms with van der Waals surface area (Å²) >= 11 is 0. The molecule has 116 valence electrons. The summed E-state index contributed by atoms with van der Waals surface area (Å²) in [4.78, 5) is 13.2. The van der Waals surface area contributed by atoms with Crippen LogP contribution in [0, 0.1) is 11.7 Å². The lowest BCUT2D eigenvalue weighted by Gasteiger charge is -2.20. The van der Waals surface area contributed by atoms with Gasteiger partial charge in [-0.3, -0.25) is 4.90 Å². The second-order valence-electron chi connectivity index (χ2n) is 5.98. The largest absolute Gasteiger partial charge is 0.478 e. The van der Waals surface area contributed by atoms with Gasteiger partial charge in [0.2, 0.25) is 0 Å². The van der Waals surface area contributed by atoms with Crippen molar-refractivity contribution < 1.29 is 14.3 Å². The van der Waals surface area contributed by atoms with Gasteiger partial charge in [-0.1, -0.05) is 25.8 Å². The van der Waals surface area contributed by atoms with Crippen LogP contribution in [0.25, 0.3) is 0 Å². The van der Waals surface area contributed by atoms with E-state index in [-0.39, 0.29) is 5.56 Å². The van der Waals surface area contributed by atoms with Gasteiger partial charge < -0.3 is 5.11 Å². The van der Waals surface area contributed by atoms with Crippen molar-refractivity contribution in [3.63, 3.8) is 0 Å². The monoisotopic (exact) mass is 293 g/mol. The molecule has 2 rings (SSSR count). The molecule has 1 heterocycles. The van der Waals surface area contributed by atoms with E-state index in [9.17, 15) is 9.18 Å². The topological polar surface area (TPSA) is 40.5 Å². The lowest BCUT2D eigenvalue weighted by Crippen LogP contribution is -2.24. The molecule has 0 aromatic heterocycles. The molecule has 0 bridgehead atoms. The van der Waals surface area contributed by atoms with Crippen LogP contribution in [0.1, 0.15) is 54.9 Å². The van der Waals surface area contributed by atoms with Crippen LogP contribution in [0.3, 0.4) is 0 Å². The molecule has 0 aliphatic carbocycles. The molecule has 1 aromatic rings. The van der Waals surface area contributed by atoms with Crippen molar-refractivity contribution in [1.29, 1.82) is 0 Å². The van der Waals surface area contributed by atoms with Crippen molar-refractivity contribution in [3.05, 3.63) is 35.1 Å². The Labute approximate surface area is 125 Å². The van der Waals surface area contributed by atoms with Crippen molar-refractivity contribution >= 4 is 5.97 Å². The fraction of sp³-hybridized carbons (Fsp3) is 0.588. The predicted molar refractivity (Wildman–Crippen MR) is 80.9 cm³/mol. The van der Waals surface area contributed by atoms with E-state index in [2.05, 4.69) is 11.8 Å². The van der Waals surface area contributed by atoms with Gasteiger partial charge >= 0.3 is 5.97 Å². The van der Waals surface area contributed by atoms with Gasteiger partial charge in [0.05, 0.1) is 5.56 Å². The van der Waals surface area contributed by atoms with E-state index in [0.717, 1.165) is 24.6 Å². The number of carboxylic acids is 1. The summed E-state index contributed by atoms with van der Waals surface area (Å²) in [6, 6.07) is 4.45. The van der Waals surface area contributed by atoms with E-state index in [1.807, 2.05) is 0 Å². The van der Waals surface area contributed by atoms with E-state index in [0.29, 0.717) is 6.54 Å². The summed E-state index contributed by atoms with van der Waals surface area (Å²) in [6.07, 6.45) is 6.24. The van der Waals surface area contributed by atoms with Crippen LogP contribution in [0.2, 0.25) is 0 Å². The van der Waals surface area contributed by atoms with Gasteiger partial charge in [-0.25, -0.2) is 9.18 Å². The zero-order chi connectivity index (χ0) is 15.2. The first-order chi connectivity index (χ1) is 10.1. The standard InChI is InChI=1S/C17H24FNO2/c1-2-4-13-5-3-9-19(10-8-13)12-14-6-7-15(17(20)21)16(18)11-14/h6-7,11,13H,2-5,8-10,12H2,1H3,(H,20,21). The number of hydrogen-bond acceptors (Lipinski definition) is 2. The Balaban J connectivity index is 1.95. The molecular formula is C17H24FNO2. The van der Waals surface area contributed by atoms with Gasteiger partial charge in [0.15, 0.2) is 0 Å². The second kappa shape index (κ2) is 7.55. The predicted octanol–water partition coefficient (Wildman–Crippen LogP) is 3.93. The minimum Gasteiger partial charge on any atom is -0.478 e. The number of likely N-dealkylation sites (tertiary alicyclic amines) is 1. The summed E-state index contributed by atoms with van der Waals surface area (Å²) in [6.45, 7) is 5.03. The lowest BCUT2D eigenvalue weighted by molar-refractivity contribution is 0.0692. The molecule has 1 fully saturated rings. The number of carbonyl (C=O) groups is 1. The quantitative estimate of drug-likeness (QED) is 0.894. The number of rotatable bonds is 5. The van der Waals surface area contributed by atoms with E-state index < -0.39 is 11.8 Å². The van der Waals surface area contributed by atoms with Crippen LogP contribution >= 0.6 is 0 Å². The lowest BCUT2D eigenvalue weighted by atomic mass is 9.96. The van der Waals surface area contributed by atoms with Crippen molar-refractivity contribution in [1.82, 2.24) is 4.90 Å². The average molecular weight is 293 g/mol. The first-order valence-corrected chi connectivity index (χ1v) is 7.84. The Morgan fingerprint density at radius 3 is 2.86 bits per heavy atom. The molecule has 0 amide bonds. The highest BCUT2D eigenvalue weighted by molar-refractivity contribution is 5.87. The SMILES string of the molecule is CCCC1CCCN(Cc2ccc(C(=O)O)c(F)c2)CC1. The molecule has 1 unspecified atom stereocenters. The summed E-state index contributed by atoms with van der Waals surface area (Å²) < 4.78 is 13.7. The molecule has 1 atom stereocenters. The fourth-order valence-corrected chi connectivity index (χ4v) is 3.17. The van der Waals surface area contributed by atoms with Gasteiger partial charge in [0.25, 0.3) is 0 Å². The zero-order valence-corrected chi connectivity index (χ0v) is 12.6. The van der Waals surface area contributed by atoms with E-state index in [1.54, 1.807) is 6.07 Å². The van der Waals surface area contributed by atoms with Crippen molar-refractivity contribution in [2.24, 2.45) is 5.92 Å². The van der Waals surface area contributed by atoms with Crippen LogP contribution in [-0.4, -0.2) is 29.1 Å². The van der Waals surface area contributed by atoms with Crippen LogP contribution in [0.4, 0.5) is 4.39 Å². The van der Waals surface area contributed by atoms with Gasteiger partial charge in [-0.05, 0) is 56.0 Å². The summed E-state index contributed by atoms with van der Waals surface area (Å²) in [5.74, 6) is -1.03. The smallest absolute Gasteiger partial charge is 0.338 e. The number of halogens is 1. The molecular weight excluding hydrogens is 269 g/mol. The summed E-state index contributed by atoms with van der Waals surface area (Å²) in [5, 5.41) is 8.84. The molecule has 1 aromatic carbocycles. The van der Waals surface area contributed by atoms with Gasteiger partial charge in [0, 0.05) is 6.54 Å². The zero-order valence-electron chi connectivity index (χ0n) is 12.6. The van der Waals surface area contributed by atoms with Crippen LogP contribution in [-0.2, 0) is 6.54 Å². The molecule has 4 heteroatoms. The highest BCUT2D eigenvalue weighted by atomic mass is 19.1. The van der Waals surface area contributed by atoms with E-state index in [1.165, 1.54) is 44.2 Å². The van der Waals surface area contributed by atoms with E-state index in [4.69, 9.17) is 5.11 Å². The molecule has 0 saturated carbocycles. The van der Waals surface area contributed by atoms with Crippen molar-refractivity contribution in [2.75, 3.05) is 13.1 Å². The van der Waals surface area contributed by atoms with Gasteiger partial charge in [-0.2, -0.15) is 0 Å². The number of benzene rings is 1. The van der Waals surface area contributed by atoms with Gasteiger partial charge in [-0.15, -0.1) is 0 Å². The molecule has 1 saturated heterocycles. The molecule has 1 aliphatic heterocycles. The molecule has 1 aliphatic rings. The Morgan fingerprint density at radius 1 is 1.38 bits per heavy atom. The molecule has 3 nitrogen and oxygen atoms in total. The fourth-order valence-electron chi connectivity index (χ4n) is 3.17. The Morgan fingerprint density at radius 2 is 2.19 bits per heavy atom. The highest BCUT2D eigenvalue weighted by Crippen LogP contribution is 2.23.